The van der Waals surface area contributed by atoms with Crippen LogP contribution in [0.3, 0.4) is 0 Å². The Morgan fingerprint density at radius 1 is 1.12 bits per heavy atom. The maximum atomic E-state index is 5.82. The standard InChI is InChI=1S/C17H19N5O2/c1-2-5-14(6-3-1)17-20-19-16(24-17)13-21-9-10-23-15(11-21)12-22-8-4-7-18-22/h1-8,15H,9-13H2/t15-/m1/s1. The predicted molar refractivity (Wildman–Crippen MR) is 87.0 cm³/mol. The molecule has 0 radical (unpaired) electrons. The molecule has 124 valence electrons. The second-order valence-corrected chi connectivity index (χ2v) is 5.82. The summed E-state index contributed by atoms with van der Waals surface area (Å²) < 4.78 is 13.5. The maximum Gasteiger partial charge on any atom is 0.247 e. The van der Waals surface area contributed by atoms with Crippen molar-refractivity contribution < 1.29 is 9.15 Å². The summed E-state index contributed by atoms with van der Waals surface area (Å²) in [6, 6.07) is 11.7. The Kier molecular flexibility index (Phi) is 4.35. The summed E-state index contributed by atoms with van der Waals surface area (Å²) in [6.45, 7) is 3.77. The Labute approximate surface area is 139 Å². The van der Waals surface area contributed by atoms with Gasteiger partial charge >= 0.3 is 0 Å². The predicted octanol–water partition coefficient (Wildman–Crippen LogP) is 1.83. The molecule has 0 unspecified atom stereocenters. The van der Waals surface area contributed by atoms with E-state index >= 15 is 0 Å². The number of aromatic nitrogens is 4. The van der Waals surface area contributed by atoms with Gasteiger partial charge in [0.2, 0.25) is 11.8 Å². The molecule has 1 aliphatic heterocycles. The minimum absolute atomic E-state index is 0.121. The van der Waals surface area contributed by atoms with Crippen LogP contribution in [0.2, 0.25) is 0 Å². The molecule has 4 rings (SSSR count). The third-order valence-electron chi connectivity index (χ3n) is 4.02. The molecule has 1 saturated heterocycles. The fourth-order valence-corrected chi connectivity index (χ4v) is 2.86. The molecule has 7 nitrogen and oxygen atoms in total. The van der Waals surface area contributed by atoms with Gasteiger partial charge in [-0.3, -0.25) is 9.58 Å². The Balaban J connectivity index is 1.37. The van der Waals surface area contributed by atoms with Crippen LogP contribution < -0.4 is 0 Å². The number of hydrogen-bond acceptors (Lipinski definition) is 6. The van der Waals surface area contributed by atoms with Crippen molar-refractivity contribution >= 4 is 0 Å². The maximum absolute atomic E-state index is 5.82. The molecule has 24 heavy (non-hydrogen) atoms. The number of nitrogens with zero attached hydrogens (tertiary/aromatic N) is 5. The SMILES string of the molecule is c1ccc(-c2nnc(CN3CCO[C@@H](Cn4cccn4)C3)o2)cc1. The van der Waals surface area contributed by atoms with Gasteiger partial charge in [-0.15, -0.1) is 10.2 Å². The van der Waals surface area contributed by atoms with Crippen LogP contribution in [0.5, 0.6) is 0 Å². The van der Waals surface area contributed by atoms with Gasteiger partial charge in [0, 0.05) is 31.0 Å². The summed E-state index contributed by atoms with van der Waals surface area (Å²) in [5.41, 5.74) is 0.940. The summed E-state index contributed by atoms with van der Waals surface area (Å²) in [5.74, 6) is 1.19. The molecule has 7 heteroatoms. The average Bonchev–Trinajstić information content (AvgIpc) is 3.28. The van der Waals surface area contributed by atoms with Gasteiger partial charge in [0.15, 0.2) is 0 Å². The highest BCUT2D eigenvalue weighted by Gasteiger charge is 2.22. The normalized spacial score (nSPS) is 18.8. The van der Waals surface area contributed by atoms with Crippen LogP contribution in [0.1, 0.15) is 5.89 Å². The second-order valence-electron chi connectivity index (χ2n) is 5.82. The molecule has 3 heterocycles. The Morgan fingerprint density at radius 2 is 2.04 bits per heavy atom. The van der Waals surface area contributed by atoms with Gasteiger partial charge in [-0.2, -0.15) is 5.10 Å². The molecule has 0 bridgehead atoms. The highest BCUT2D eigenvalue weighted by Crippen LogP contribution is 2.18. The van der Waals surface area contributed by atoms with E-state index in [9.17, 15) is 0 Å². The molecule has 0 amide bonds. The largest absolute Gasteiger partial charge is 0.419 e. The van der Waals surface area contributed by atoms with Crippen molar-refractivity contribution in [1.82, 2.24) is 24.9 Å². The first-order valence-electron chi connectivity index (χ1n) is 8.06. The highest BCUT2D eigenvalue weighted by atomic mass is 16.5. The minimum Gasteiger partial charge on any atom is -0.419 e. The van der Waals surface area contributed by atoms with Gasteiger partial charge in [-0.25, -0.2) is 0 Å². The van der Waals surface area contributed by atoms with Crippen LogP contribution in [0, 0.1) is 0 Å². The van der Waals surface area contributed by atoms with E-state index in [0.29, 0.717) is 24.9 Å². The lowest BCUT2D eigenvalue weighted by Gasteiger charge is -2.31. The van der Waals surface area contributed by atoms with Crippen molar-refractivity contribution in [2.45, 2.75) is 19.2 Å². The van der Waals surface area contributed by atoms with Crippen LogP contribution in [0.4, 0.5) is 0 Å². The Morgan fingerprint density at radius 3 is 2.88 bits per heavy atom. The minimum atomic E-state index is 0.121. The van der Waals surface area contributed by atoms with E-state index < -0.39 is 0 Å². The summed E-state index contributed by atoms with van der Waals surface area (Å²) in [6.07, 6.45) is 3.85. The molecule has 1 fully saturated rings. The van der Waals surface area contributed by atoms with Crippen molar-refractivity contribution in [2.24, 2.45) is 0 Å². The topological polar surface area (TPSA) is 69.2 Å². The van der Waals surface area contributed by atoms with Gasteiger partial charge in [0.25, 0.3) is 0 Å². The second kappa shape index (κ2) is 6.94. The first-order chi connectivity index (χ1) is 11.9. The van der Waals surface area contributed by atoms with Gasteiger partial charge < -0.3 is 9.15 Å². The monoisotopic (exact) mass is 325 g/mol. The lowest BCUT2D eigenvalue weighted by atomic mass is 10.2. The number of ether oxygens (including phenoxy) is 1. The van der Waals surface area contributed by atoms with Crippen molar-refractivity contribution in [3.63, 3.8) is 0 Å². The smallest absolute Gasteiger partial charge is 0.247 e. The third-order valence-corrected chi connectivity index (χ3v) is 4.02. The van der Waals surface area contributed by atoms with Gasteiger partial charge in [-0.05, 0) is 18.2 Å². The highest BCUT2D eigenvalue weighted by molar-refractivity contribution is 5.51. The molecule has 0 N–H and O–H groups in total. The lowest BCUT2D eigenvalue weighted by Crippen LogP contribution is -2.43. The van der Waals surface area contributed by atoms with Crippen molar-refractivity contribution in [2.75, 3.05) is 19.7 Å². The fraction of sp³-hybridized carbons (Fsp3) is 0.353. The molecule has 1 atom stereocenters. The van der Waals surface area contributed by atoms with Crippen molar-refractivity contribution in [3.05, 3.63) is 54.7 Å². The molecular formula is C17H19N5O2. The molecule has 1 aromatic carbocycles. The van der Waals surface area contributed by atoms with E-state index in [4.69, 9.17) is 9.15 Å². The third kappa shape index (κ3) is 3.52. The van der Waals surface area contributed by atoms with E-state index in [1.54, 1.807) is 6.20 Å². The number of rotatable bonds is 5. The molecule has 2 aromatic heterocycles. The van der Waals surface area contributed by atoms with Crippen LogP contribution in [0.15, 0.2) is 53.2 Å². The van der Waals surface area contributed by atoms with Crippen LogP contribution in [-0.4, -0.2) is 50.7 Å². The summed E-state index contributed by atoms with van der Waals surface area (Å²) in [5, 5.41) is 12.5. The summed E-state index contributed by atoms with van der Waals surface area (Å²) in [7, 11) is 0. The van der Waals surface area contributed by atoms with Crippen LogP contribution in [0.25, 0.3) is 11.5 Å². The quantitative estimate of drug-likeness (QED) is 0.713. The molecule has 3 aromatic rings. The van der Waals surface area contributed by atoms with Gasteiger partial charge in [0.05, 0.1) is 25.8 Å². The number of hydrogen-bond donors (Lipinski definition) is 0. The zero-order chi connectivity index (χ0) is 16.2. The average molecular weight is 325 g/mol. The molecule has 0 aliphatic carbocycles. The van der Waals surface area contributed by atoms with E-state index in [0.717, 1.165) is 25.2 Å². The molecule has 0 spiro atoms. The van der Waals surface area contributed by atoms with Gasteiger partial charge in [-0.1, -0.05) is 18.2 Å². The van der Waals surface area contributed by atoms with E-state index in [-0.39, 0.29) is 6.10 Å². The lowest BCUT2D eigenvalue weighted by molar-refractivity contribution is -0.0422. The first kappa shape index (κ1) is 15.0. The van der Waals surface area contributed by atoms with E-state index in [1.807, 2.05) is 47.3 Å². The van der Waals surface area contributed by atoms with Crippen LogP contribution >= 0.6 is 0 Å². The van der Waals surface area contributed by atoms with Gasteiger partial charge in [0.1, 0.15) is 0 Å². The fourth-order valence-electron chi connectivity index (χ4n) is 2.86. The Bertz CT molecular complexity index is 756. The molecule has 0 saturated carbocycles. The summed E-state index contributed by atoms with van der Waals surface area (Å²) in [4.78, 5) is 2.28. The zero-order valence-electron chi connectivity index (χ0n) is 13.3. The van der Waals surface area contributed by atoms with E-state index in [1.165, 1.54) is 0 Å². The van der Waals surface area contributed by atoms with E-state index in [2.05, 4.69) is 20.2 Å². The molecular weight excluding hydrogens is 306 g/mol. The number of morpholine rings is 1. The molecule has 1 aliphatic rings. The summed E-state index contributed by atoms with van der Waals surface area (Å²) >= 11 is 0. The van der Waals surface area contributed by atoms with Crippen molar-refractivity contribution in [1.29, 1.82) is 0 Å². The van der Waals surface area contributed by atoms with Crippen LogP contribution in [-0.2, 0) is 17.8 Å². The Hall–Kier alpha value is -2.51. The zero-order valence-corrected chi connectivity index (χ0v) is 13.3. The number of benzene rings is 1. The van der Waals surface area contributed by atoms with Crippen molar-refractivity contribution in [3.8, 4) is 11.5 Å². The first-order valence-corrected chi connectivity index (χ1v) is 8.06.